The molecule has 0 bridgehead atoms. The lowest BCUT2D eigenvalue weighted by molar-refractivity contribution is -0.355. The first-order valence-electron chi connectivity index (χ1n) is 7.08. The van der Waals surface area contributed by atoms with Gasteiger partial charge in [0.25, 0.3) is 0 Å². The molecule has 10 atom stereocenters. The van der Waals surface area contributed by atoms with Crippen LogP contribution >= 0.6 is 0 Å². The van der Waals surface area contributed by atoms with E-state index in [1.165, 1.54) is 0 Å². The third-order valence-corrected chi connectivity index (χ3v) is 3.98. The molecular formula is C12H24O12. The lowest BCUT2D eigenvalue weighted by atomic mass is 9.97. The molecule has 0 amide bonds. The molecule has 2 aliphatic heterocycles. The molecule has 0 radical (unpaired) electrons. The minimum absolute atomic E-state index is 0. The average molecular weight is 360 g/mol. The Hall–Kier alpha value is -0.480. The molecule has 0 aromatic rings. The quantitative estimate of drug-likeness (QED) is 0.235. The summed E-state index contributed by atoms with van der Waals surface area (Å²) in [7, 11) is 0. The summed E-state index contributed by atoms with van der Waals surface area (Å²) in [4.78, 5) is 0. The highest BCUT2D eigenvalue weighted by atomic mass is 16.7. The van der Waals surface area contributed by atoms with Gasteiger partial charge in [0, 0.05) is 0 Å². The van der Waals surface area contributed by atoms with Crippen LogP contribution in [0.15, 0.2) is 0 Å². The van der Waals surface area contributed by atoms with Gasteiger partial charge in [-0.05, 0) is 0 Å². The number of hydrogen-bond acceptors (Lipinski definition) is 11. The van der Waals surface area contributed by atoms with Crippen molar-refractivity contribution in [3.63, 3.8) is 0 Å². The number of ether oxygens (including phenoxy) is 3. The van der Waals surface area contributed by atoms with E-state index in [2.05, 4.69) is 0 Å². The molecule has 2 heterocycles. The maximum absolute atomic E-state index is 9.94. The van der Waals surface area contributed by atoms with E-state index in [0.29, 0.717) is 0 Å². The van der Waals surface area contributed by atoms with E-state index in [1.54, 1.807) is 0 Å². The molecule has 0 aliphatic carbocycles. The summed E-state index contributed by atoms with van der Waals surface area (Å²) in [5, 5.41) is 76.5. The molecule has 10 N–H and O–H groups in total. The normalized spacial score (nSPS) is 49.5. The minimum atomic E-state index is -1.74. The third kappa shape index (κ3) is 4.01. The fourth-order valence-electron chi connectivity index (χ4n) is 2.57. The molecule has 2 rings (SSSR count). The van der Waals surface area contributed by atoms with Crippen molar-refractivity contribution in [3.05, 3.63) is 0 Å². The van der Waals surface area contributed by atoms with E-state index in [1.807, 2.05) is 0 Å². The Morgan fingerprint density at radius 2 is 1.25 bits per heavy atom. The van der Waals surface area contributed by atoms with Crippen molar-refractivity contribution in [1.29, 1.82) is 0 Å². The van der Waals surface area contributed by atoms with Gasteiger partial charge in [0.2, 0.25) is 0 Å². The highest BCUT2D eigenvalue weighted by molar-refractivity contribution is 4.93. The molecule has 1 unspecified atom stereocenters. The smallest absolute Gasteiger partial charge is 0.187 e. The SMILES string of the molecule is O.OC[C@@H]1O[C@H](O)[C@@H](O)[C@H](O)[C@H]1O[C@@H]1O[C@H](CO)C(O)[C@H](O)[C@H]1O. The van der Waals surface area contributed by atoms with Crippen molar-refractivity contribution >= 4 is 0 Å². The standard InChI is InChI=1S/C12H22O11.H2O/c13-1-3-5(15)6(16)9(19)12(22-3)23-10-4(2-14)21-11(20)8(18)7(10)17;/h3-20H,1-2H2;1H2/t3-,4+,5?,6+,7+,8+,9-,10+,11+,12+;/m1./s1. The van der Waals surface area contributed by atoms with Gasteiger partial charge in [0.15, 0.2) is 12.6 Å². The molecule has 0 spiro atoms. The van der Waals surface area contributed by atoms with E-state index in [9.17, 15) is 35.7 Å². The van der Waals surface area contributed by atoms with Crippen LogP contribution in [0.4, 0.5) is 0 Å². The topological polar surface area (TPSA) is 221 Å². The van der Waals surface area contributed by atoms with Crippen LogP contribution in [0, 0.1) is 0 Å². The van der Waals surface area contributed by atoms with E-state index in [4.69, 9.17) is 19.3 Å². The van der Waals surface area contributed by atoms with Crippen molar-refractivity contribution in [1.82, 2.24) is 0 Å². The van der Waals surface area contributed by atoms with Gasteiger partial charge in [-0.2, -0.15) is 0 Å². The van der Waals surface area contributed by atoms with Crippen LogP contribution in [0.5, 0.6) is 0 Å². The Morgan fingerprint density at radius 1 is 0.667 bits per heavy atom. The molecule has 2 fully saturated rings. The van der Waals surface area contributed by atoms with Gasteiger partial charge in [0.05, 0.1) is 13.2 Å². The van der Waals surface area contributed by atoms with Crippen molar-refractivity contribution < 1.29 is 60.5 Å². The zero-order chi connectivity index (χ0) is 17.3. The van der Waals surface area contributed by atoms with Gasteiger partial charge in [0.1, 0.15) is 48.8 Å². The molecular weight excluding hydrogens is 336 g/mol. The molecule has 12 heteroatoms. The van der Waals surface area contributed by atoms with Crippen LogP contribution in [0.25, 0.3) is 0 Å². The zero-order valence-electron chi connectivity index (χ0n) is 12.5. The van der Waals surface area contributed by atoms with Gasteiger partial charge in [-0.15, -0.1) is 0 Å². The second kappa shape index (κ2) is 8.75. The summed E-state index contributed by atoms with van der Waals surface area (Å²) >= 11 is 0. The van der Waals surface area contributed by atoms with Gasteiger partial charge < -0.3 is 60.5 Å². The molecule has 2 saturated heterocycles. The second-order valence-corrected chi connectivity index (χ2v) is 5.53. The Kier molecular flexibility index (Phi) is 7.86. The zero-order valence-corrected chi connectivity index (χ0v) is 12.5. The summed E-state index contributed by atoms with van der Waals surface area (Å²) in [6.07, 6.45) is -15.6. The first-order valence-corrected chi connectivity index (χ1v) is 7.08. The van der Waals surface area contributed by atoms with E-state index in [0.717, 1.165) is 0 Å². The molecule has 0 saturated carbocycles. The van der Waals surface area contributed by atoms with Crippen LogP contribution in [-0.2, 0) is 14.2 Å². The Morgan fingerprint density at radius 3 is 1.79 bits per heavy atom. The number of aliphatic hydroxyl groups excluding tert-OH is 8. The Bertz CT molecular complexity index is 379. The van der Waals surface area contributed by atoms with E-state index >= 15 is 0 Å². The predicted molar refractivity (Wildman–Crippen MR) is 72.2 cm³/mol. The largest absolute Gasteiger partial charge is 0.412 e. The van der Waals surface area contributed by atoms with Crippen molar-refractivity contribution in [2.75, 3.05) is 13.2 Å². The lowest BCUT2D eigenvalue weighted by Gasteiger charge is -2.45. The van der Waals surface area contributed by atoms with Crippen molar-refractivity contribution in [2.24, 2.45) is 0 Å². The fourth-order valence-corrected chi connectivity index (χ4v) is 2.57. The second-order valence-electron chi connectivity index (χ2n) is 5.53. The minimum Gasteiger partial charge on any atom is -0.412 e. The van der Waals surface area contributed by atoms with Crippen LogP contribution in [0.1, 0.15) is 0 Å². The lowest BCUT2D eigenvalue weighted by Crippen LogP contribution is -2.64. The Labute approximate surface area is 136 Å². The van der Waals surface area contributed by atoms with E-state index in [-0.39, 0.29) is 5.48 Å². The van der Waals surface area contributed by atoms with Gasteiger partial charge >= 0.3 is 0 Å². The van der Waals surface area contributed by atoms with Crippen LogP contribution < -0.4 is 0 Å². The Balaban J connectivity index is 0.00000288. The van der Waals surface area contributed by atoms with Gasteiger partial charge in [-0.3, -0.25) is 0 Å². The summed E-state index contributed by atoms with van der Waals surface area (Å²) in [6.45, 7) is -1.35. The maximum atomic E-state index is 9.94. The first kappa shape index (κ1) is 21.6. The summed E-state index contributed by atoms with van der Waals surface area (Å²) in [5.74, 6) is 0. The van der Waals surface area contributed by atoms with Gasteiger partial charge in [-0.1, -0.05) is 0 Å². The van der Waals surface area contributed by atoms with Crippen molar-refractivity contribution in [2.45, 2.75) is 61.4 Å². The summed E-state index contributed by atoms with van der Waals surface area (Å²) < 4.78 is 15.3. The number of aliphatic hydroxyl groups is 8. The highest BCUT2D eigenvalue weighted by Crippen LogP contribution is 2.28. The summed E-state index contributed by atoms with van der Waals surface area (Å²) in [5.41, 5.74) is 0. The average Bonchev–Trinajstić information content (AvgIpc) is 2.55. The van der Waals surface area contributed by atoms with E-state index < -0.39 is 74.6 Å². The van der Waals surface area contributed by atoms with Gasteiger partial charge in [-0.25, -0.2) is 0 Å². The molecule has 0 aromatic heterocycles. The molecule has 2 aliphatic rings. The maximum Gasteiger partial charge on any atom is 0.187 e. The first-order chi connectivity index (χ1) is 10.8. The molecule has 144 valence electrons. The third-order valence-electron chi connectivity index (χ3n) is 3.98. The van der Waals surface area contributed by atoms with Crippen LogP contribution in [0.2, 0.25) is 0 Å². The fraction of sp³-hybridized carbons (Fsp3) is 1.00. The van der Waals surface area contributed by atoms with Crippen molar-refractivity contribution in [3.8, 4) is 0 Å². The molecule has 24 heavy (non-hydrogen) atoms. The number of rotatable bonds is 4. The monoisotopic (exact) mass is 360 g/mol. The van der Waals surface area contributed by atoms with Crippen LogP contribution in [-0.4, -0.2) is 121 Å². The van der Waals surface area contributed by atoms with Crippen LogP contribution in [0.3, 0.4) is 0 Å². The predicted octanol–water partition coefficient (Wildman–Crippen LogP) is -6.22. The summed E-state index contributed by atoms with van der Waals surface area (Å²) in [6, 6.07) is 0. The number of hydrogen-bond donors (Lipinski definition) is 8. The highest BCUT2D eigenvalue weighted by Gasteiger charge is 2.50. The molecule has 0 aromatic carbocycles. The molecule has 12 nitrogen and oxygen atoms in total.